The zero-order chi connectivity index (χ0) is 22.2. The van der Waals surface area contributed by atoms with Crippen molar-refractivity contribution in [2.45, 2.75) is 18.7 Å². The Hall–Kier alpha value is -3.41. The van der Waals surface area contributed by atoms with E-state index in [0.717, 1.165) is 22.3 Å². The lowest BCUT2D eigenvalue weighted by atomic mass is 9.84. The Balaban J connectivity index is 2.23. The second-order valence-electron chi connectivity index (χ2n) is 7.46. The van der Waals surface area contributed by atoms with E-state index in [0.29, 0.717) is 22.3 Å². The van der Waals surface area contributed by atoms with Crippen molar-refractivity contribution < 1.29 is 18.1 Å². The molecule has 4 aromatic rings. The maximum atomic E-state index is 12.7. The molecule has 0 saturated heterocycles. The van der Waals surface area contributed by atoms with E-state index in [9.17, 15) is 18.1 Å². The van der Waals surface area contributed by atoms with Crippen LogP contribution in [0.15, 0.2) is 89.8 Å². The van der Waals surface area contributed by atoms with Crippen LogP contribution in [-0.2, 0) is 10.1 Å². The lowest BCUT2D eigenvalue weighted by Crippen LogP contribution is -2.09. The van der Waals surface area contributed by atoms with Gasteiger partial charge in [0.1, 0.15) is 10.6 Å². The molecule has 0 amide bonds. The van der Waals surface area contributed by atoms with Gasteiger partial charge in [0, 0.05) is 11.1 Å². The van der Waals surface area contributed by atoms with Gasteiger partial charge < -0.3 is 5.11 Å². The van der Waals surface area contributed by atoms with E-state index in [4.69, 9.17) is 0 Å². The number of hydrogen-bond donors (Lipinski definition) is 2. The van der Waals surface area contributed by atoms with Gasteiger partial charge in [-0.1, -0.05) is 72.8 Å². The molecule has 156 valence electrons. The van der Waals surface area contributed by atoms with E-state index in [1.54, 1.807) is 24.3 Å². The number of aromatic hydroxyl groups is 1. The van der Waals surface area contributed by atoms with Crippen LogP contribution in [0, 0.1) is 13.8 Å². The van der Waals surface area contributed by atoms with Crippen LogP contribution < -0.4 is 0 Å². The van der Waals surface area contributed by atoms with Gasteiger partial charge in [0.05, 0.1) is 0 Å². The first-order chi connectivity index (χ1) is 14.8. The molecule has 0 unspecified atom stereocenters. The second-order valence-corrected chi connectivity index (χ2v) is 8.82. The average Bonchev–Trinajstić information content (AvgIpc) is 2.75. The van der Waals surface area contributed by atoms with Gasteiger partial charge in [-0.25, -0.2) is 0 Å². The summed E-state index contributed by atoms with van der Waals surface area (Å²) in [4.78, 5) is -0.0950. The molecule has 0 bridgehead atoms. The lowest BCUT2D eigenvalue weighted by molar-refractivity contribution is 0.475. The summed E-state index contributed by atoms with van der Waals surface area (Å²) in [5, 5.41) is 9.75. The molecule has 0 radical (unpaired) electrons. The van der Waals surface area contributed by atoms with Gasteiger partial charge in [0.25, 0.3) is 10.1 Å². The summed E-state index contributed by atoms with van der Waals surface area (Å²) in [7, 11) is -4.55. The minimum absolute atomic E-state index is 0.0950. The van der Waals surface area contributed by atoms with Crippen LogP contribution in [0.3, 0.4) is 0 Å². The number of phenols is 1. The summed E-state index contributed by atoms with van der Waals surface area (Å²) < 4.78 is 35.8. The zero-order valence-electron chi connectivity index (χ0n) is 17.2. The molecule has 0 spiro atoms. The highest BCUT2D eigenvalue weighted by atomic mass is 32.2. The maximum Gasteiger partial charge on any atom is 0.295 e. The first-order valence-electron chi connectivity index (χ1n) is 9.84. The first-order valence-corrected chi connectivity index (χ1v) is 11.3. The van der Waals surface area contributed by atoms with Gasteiger partial charge in [0.15, 0.2) is 0 Å². The van der Waals surface area contributed by atoms with Gasteiger partial charge >= 0.3 is 0 Å². The van der Waals surface area contributed by atoms with Crippen LogP contribution in [0.1, 0.15) is 11.1 Å². The average molecular weight is 431 g/mol. The number of benzene rings is 4. The van der Waals surface area contributed by atoms with Crippen molar-refractivity contribution in [2.75, 3.05) is 0 Å². The Morgan fingerprint density at radius 3 is 1.35 bits per heavy atom. The van der Waals surface area contributed by atoms with Crippen LogP contribution in [-0.4, -0.2) is 18.1 Å². The molecule has 31 heavy (non-hydrogen) atoms. The maximum absolute atomic E-state index is 12.7. The highest BCUT2D eigenvalue weighted by Gasteiger charge is 2.29. The fourth-order valence-corrected chi connectivity index (χ4v) is 5.28. The summed E-state index contributed by atoms with van der Waals surface area (Å²) >= 11 is 0. The Morgan fingerprint density at radius 2 is 0.968 bits per heavy atom. The number of hydrogen-bond acceptors (Lipinski definition) is 3. The molecule has 0 atom stereocenters. The summed E-state index contributed by atoms with van der Waals surface area (Å²) in [5.74, 6) is 0.153. The smallest absolute Gasteiger partial charge is 0.295 e. The first kappa shape index (κ1) is 20.8. The molecular weight excluding hydrogens is 408 g/mol. The fourth-order valence-electron chi connectivity index (χ4n) is 4.22. The van der Waals surface area contributed by atoms with E-state index >= 15 is 0 Å². The standard InChI is InChI=1S/C26H22O4S/c1-17-23(21-13-15-22(27)16-14-21)18(2)25(20-11-7-4-8-12-20)26(31(28,29)30)24(17)19-9-5-3-6-10-19/h3-16,27H,1-2H3,(H,28,29,30). The molecule has 4 nitrogen and oxygen atoms in total. The molecule has 0 fully saturated rings. The molecule has 4 aromatic carbocycles. The molecular formula is C26H22O4S. The third kappa shape index (κ3) is 3.85. The predicted octanol–water partition coefficient (Wildman–Crippen LogP) is 6.26. The third-order valence-electron chi connectivity index (χ3n) is 5.49. The lowest BCUT2D eigenvalue weighted by Gasteiger charge is -2.23. The van der Waals surface area contributed by atoms with E-state index < -0.39 is 10.1 Å². The van der Waals surface area contributed by atoms with Crippen LogP contribution in [0.4, 0.5) is 0 Å². The predicted molar refractivity (Wildman–Crippen MR) is 124 cm³/mol. The minimum atomic E-state index is -4.55. The Morgan fingerprint density at radius 1 is 0.581 bits per heavy atom. The Bertz CT molecular complexity index is 1280. The second kappa shape index (κ2) is 8.02. The van der Waals surface area contributed by atoms with Crippen LogP contribution in [0.2, 0.25) is 0 Å². The van der Waals surface area contributed by atoms with Crippen LogP contribution in [0.5, 0.6) is 5.75 Å². The normalized spacial score (nSPS) is 11.5. The summed E-state index contributed by atoms with van der Waals surface area (Å²) in [6.07, 6.45) is 0. The Labute approximate surface area is 182 Å². The molecule has 0 aliphatic heterocycles. The molecule has 2 N–H and O–H groups in total. The van der Waals surface area contributed by atoms with Gasteiger partial charge in [-0.2, -0.15) is 8.42 Å². The van der Waals surface area contributed by atoms with Crippen molar-refractivity contribution in [1.29, 1.82) is 0 Å². The third-order valence-corrected chi connectivity index (χ3v) is 6.42. The molecule has 0 heterocycles. The van der Waals surface area contributed by atoms with E-state index in [1.165, 1.54) is 0 Å². The van der Waals surface area contributed by atoms with Crippen molar-refractivity contribution in [3.8, 4) is 39.1 Å². The molecule has 5 heteroatoms. The fraction of sp³-hybridized carbons (Fsp3) is 0.0769. The van der Waals surface area contributed by atoms with Crippen LogP contribution >= 0.6 is 0 Å². The van der Waals surface area contributed by atoms with E-state index in [2.05, 4.69) is 0 Å². The van der Waals surface area contributed by atoms with Gasteiger partial charge in [-0.15, -0.1) is 0 Å². The van der Waals surface area contributed by atoms with Crippen molar-refractivity contribution in [3.05, 3.63) is 96.1 Å². The largest absolute Gasteiger partial charge is 0.508 e. The summed E-state index contributed by atoms with van der Waals surface area (Å²) in [6.45, 7) is 3.72. The SMILES string of the molecule is Cc1c(-c2ccc(O)cc2)c(C)c(-c2ccccc2)c(S(=O)(=O)O)c1-c1ccccc1. The minimum Gasteiger partial charge on any atom is -0.508 e. The van der Waals surface area contributed by atoms with Crippen molar-refractivity contribution >= 4 is 10.1 Å². The van der Waals surface area contributed by atoms with Gasteiger partial charge in [-0.05, 0) is 59.4 Å². The number of rotatable bonds is 4. The highest BCUT2D eigenvalue weighted by molar-refractivity contribution is 7.86. The highest BCUT2D eigenvalue weighted by Crippen LogP contribution is 2.46. The quantitative estimate of drug-likeness (QED) is 0.375. The molecule has 4 rings (SSSR count). The topological polar surface area (TPSA) is 74.6 Å². The zero-order valence-corrected chi connectivity index (χ0v) is 18.0. The van der Waals surface area contributed by atoms with Crippen molar-refractivity contribution in [3.63, 3.8) is 0 Å². The van der Waals surface area contributed by atoms with Gasteiger partial charge in [-0.3, -0.25) is 4.55 Å². The molecule has 0 aliphatic carbocycles. The molecule has 0 saturated carbocycles. The molecule has 0 aliphatic rings. The number of phenolic OH excluding ortho intramolecular Hbond substituents is 1. The van der Waals surface area contributed by atoms with Crippen molar-refractivity contribution in [1.82, 2.24) is 0 Å². The van der Waals surface area contributed by atoms with Crippen LogP contribution in [0.25, 0.3) is 33.4 Å². The monoisotopic (exact) mass is 430 g/mol. The van der Waals surface area contributed by atoms with E-state index in [1.807, 2.05) is 74.5 Å². The summed E-state index contributed by atoms with van der Waals surface area (Å²) in [5.41, 5.74) is 5.53. The molecule has 0 aromatic heterocycles. The van der Waals surface area contributed by atoms with Crippen molar-refractivity contribution in [2.24, 2.45) is 0 Å². The van der Waals surface area contributed by atoms with E-state index in [-0.39, 0.29) is 10.6 Å². The summed E-state index contributed by atoms with van der Waals surface area (Å²) in [6, 6.07) is 25.2. The Kier molecular flexibility index (Phi) is 5.39. The van der Waals surface area contributed by atoms with Gasteiger partial charge in [0.2, 0.25) is 0 Å².